The molecule has 1 atom stereocenters. The summed E-state index contributed by atoms with van der Waals surface area (Å²) in [5.74, 6) is -0.255. The van der Waals surface area contributed by atoms with Gasteiger partial charge in [-0.1, -0.05) is 24.3 Å². The van der Waals surface area contributed by atoms with E-state index < -0.39 is 11.9 Å². The van der Waals surface area contributed by atoms with Gasteiger partial charge in [0.05, 0.1) is 0 Å². The summed E-state index contributed by atoms with van der Waals surface area (Å²) in [7, 11) is 2.15. The van der Waals surface area contributed by atoms with Crippen LogP contribution in [-0.2, 0) is 22.4 Å². The Morgan fingerprint density at radius 2 is 1.81 bits per heavy atom. The van der Waals surface area contributed by atoms with Crippen molar-refractivity contribution in [1.82, 2.24) is 4.90 Å². The van der Waals surface area contributed by atoms with E-state index in [1.54, 1.807) is 6.07 Å². The van der Waals surface area contributed by atoms with Crippen LogP contribution in [0.15, 0.2) is 30.3 Å². The van der Waals surface area contributed by atoms with E-state index in [1.807, 2.05) is 12.1 Å². The zero-order valence-corrected chi connectivity index (χ0v) is 15.2. The van der Waals surface area contributed by atoms with Crippen LogP contribution in [0.25, 0.3) is 11.1 Å². The van der Waals surface area contributed by atoms with Gasteiger partial charge in [-0.25, -0.2) is 0 Å². The fraction of sp³-hybridized carbons (Fsp3) is 0.333. The number of fused-ring (bicyclic) bond motifs is 2. The number of hydrogen-bond donors (Lipinski definition) is 0. The molecule has 2 aromatic rings. The SMILES string of the molecule is CC(=O)Oc1ccc2c(c1OC(C)=O)-c1cccc3c1[C@H](C2)N(C)CC3. The van der Waals surface area contributed by atoms with Crippen molar-refractivity contribution in [2.45, 2.75) is 32.7 Å². The molecule has 1 heterocycles. The van der Waals surface area contributed by atoms with Gasteiger partial charge in [-0.3, -0.25) is 14.5 Å². The average molecular weight is 351 g/mol. The molecule has 1 aliphatic heterocycles. The molecule has 0 aromatic heterocycles. The first-order chi connectivity index (χ1) is 12.5. The van der Waals surface area contributed by atoms with Crippen LogP contribution < -0.4 is 9.47 Å². The minimum atomic E-state index is -0.443. The highest BCUT2D eigenvalue weighted by Gasteiger charge is 2.35. The molecule has 0 amide bonds. The van der Waals surface area contributed by atoms with Crippen LogP contribution in [0.4, 0.5) is 0 Å². The van der Waals surface area contributed by atoms with Crippen LogP contribution in [0.5, 0.6) is 11.5 Å². The first kappa shape index (κ1) is 16.8. The quantitative estimate of drug-likeness (QED) is 0.614. The molecule has 0 bridgehead atoms. The van der Waals surface area contributed by atoms with Gasteiger partial charge in [0.15, 0.2) is 11.5 Å². The molecule has 1 aliphatic carbocycles. The maximum Gasteiger partial charge on any atom is 0.308 e. The molecule has 134 valence electrons. The van der Waals surface area contributed by atoms with Crippen LogP contribution in [0.2, 0.25) is 0 Å². The maximum absolute atomic E-state index is 11.7. The number of carbonyl (C=O) groups is 2. The topological polar surface area (TPSA) is 55.8 Å². The minimum absolute atomic E-state index is 0.284. The summed E-state index contributed by atoms with van der Waals surface area (Å²) in [6, 6.07) is 10.3. The zero-order chi connectivity index (χ0) is 18.4. The third-order valence-corrected chi connectivity index (χ3v) is 5.19. The number of nitrogens with zero attached hydrogens (tertiary/aromatic N) is 1. The molecule has 0 saturated heterocycles. The summed E-state index contributed by atoms with van der Waals surface area (Å²) in [6.07, 6.45) is 1.84. The van der Waals surface area contributed by atoms with Crippen molar-refractivity contribution in [2.24, 2.45) is 0 Å². The normalized spacial score (nSPS) is 17.9. The van der Waals surface area contributed by atoms with E-state index in [1.165, 1.54) is 25.0 Å². The predicted octanol–water partition coefficient (Wildman–Crippen LogP) is 3.29. The maximum atomic E-state index is 11.7. The Morgan fingerprint density at radius 3 is 2.54 bits per heavy atom. The van der Waals surface area contributed by atoms with E-state index in [4.69, 9.17) is 9.47 Å². The van der Waals surface area contributed by atoms with E-state index in [0.29, 0.717) is 11.8 Å². The fourth-order valence-corrected chi connectivity index (χ4v) is 4.13. The highest BCUT2D eigenvalue weighted by atomic mass is 16.6. The van der Waals surface area contributed by atoms with Crippen molar-refractivity contribution >= 4 is 11.9 Å². The molecule has 0 saturated carbocycles. The predicted molar refractivity (Wildman–Crippen MR) is 97.3 cm³/mol. The minimum Gasteiger partial charge on any atom is -0.423 e. The van der Waals surface area contributed by atoms with Crippen molar-refractivity contribution < 1.29 is 19.1 Å². The number of carbonyl (C=O) groups excluding carboxylic acids is 2. The smallest absolute Gasteiger partial charge is 0.308 e. The van der Waals surface area contributed by atoms with Gasteiger partial charge in [0.1, 0.15) is 0 Å². The Morgan fingerprint density at radius 1 is 1.04 bits per heavy atom. The lowest BCUT2D eigenvalue weighted by Crippen LogP contribution is -2.35. The molecule has 4 rings (SSSR count). The van der Waals surface area contributed by atoms with Gasteiger partial charge in [-0.05, 0) is 48.2 Å². The van der Waals surface area contributed by atoms with Crippen LogP contribution in [-0.4, -0.2) is 30.4 Å². The van der Waals surface area contributed by atoms with Gasteiger partial charge in [-0.15, -0.1) is 0 Å². The molecule has 0 unspecified atom stereocenters. The standard InChI is InChI=1S/C21H21NO4/c1-12(23)25-18-8-7-15-11-17-19-14(9-10-22(17)3)5-4-6-16(19)20(15)21(18)26-13(2)24/h4-8,17H,9-11H2,1-3H3/t17-/m0/s1. The third-order valence-electron chi connectivity index (χ3n) is 5.19. The highest BCUT2D eigenvalue weighted by molar-refractivity contribution is 5.86. The zero-order valence-electron chi connectivity index (χ0n) is 15.2. The van der Waals surface area contributed by atoms with Crippen LogP contribution in [0.3, 0.4) is 0 Å². The summed E-state index contributed by atoms with van der Waals surface area (Å²) in [5.41, 5.74) is 5.65. The summed E-state index contributed by atoms with van der Waals surface area (Å²) in [5, 5.41) is 0. The van der Waals surface area contributed by atoms with Gasteiger partial charge in [0.25, 0.3) is 0 Å². The Labute approximate surface area is 152 Å². The van der Waals surface area contributed by atoms with E-state index in [9.17, 15) is 9.59 Å². The lowest BCUT2D eigenvalue weighted by atomic mass is 9.77. The second-order valence-electron chi connectivity index (χ2n) is 6.94. The lowest BCUT2D eigenvalue weighted by Gasteiger charge is -2.40. The summed E-state index contributed by atoms with van der Waals surface area (Å²) < 4.78 is 10.8. The van der Waals surface area contributed by atoms with Gasteiger partial charge in [0, 0.05) is 32.0 Å². The second kappa shape index (κ2) is 6.25. The molecule has 26 heavy (non-hydrogen) atoms. The van der Waals surface area contributed by atoms with Gasteiger partial charge in [0.2, 0.25) is 0 Å². The molecular weight excluding hydrogens is 330 g/mol. The van der Waals surface area contributed by atoms with E-state index >= 15 is 0 Å². The Hall–Kier alpha value is -2.66. The largest absolute Gasteiger partial charge is 0.423 e. The molecule has 0 spiro atoms. The van der Waals surface area contributed by atoms with Gasteiger partial charge < -0.3 is 9.47 Å². The molecule has 0 fully saturated rings. The Balaban J connectivity index is 1.97. The average Bonchev–Trinajstić information content (AvgIpc) is 2.59. The van der Waals surface area contributed by atoms with Crippen molar-refractivity contribution in [3.05, 3.63) is 47.0 Å². The number of benzene rings is 2. The first-order valence-corrected chi connectivity index (χ1v) is 8.81. The van der Waals surface area contributed by atoms with Crippen LogP contribution >= 0.6 is 0 Å². The molecule has 5 heteroatoms. The molecule has 2 aliphatic rings. The Bertz CT molecular complexity index is 918. The monoisotopic (exact) mass is 351 g/mol. The second-order valence-corrected chi connectivity index (χ2v) is 6.94. The van der Waals surface area contributed by atoms with E-state index in [0.717, 1.165) is 36.1 Å². The molecule has 2 aromatic carbocycles. The summed E-state index contributed by atoms with van der Waals surface area (Å²) >= 11 is 0. The fourth-order valence-electron chi connectivity index (χ4n) is 4.13. The Kier molecular flexibility index (Phi) is 4.04. The summed E-state index contributed by atoms with van der Waals surface area (Å²) in [6.45, 7) is 3.72. The van der Waals surface area contributed by atoms with Crippen molar-refractivity contribution in [1.29, 1.82) is 0 Å². The molecule has 0 N–H and O–H groups in total. The van der Waals surface area contributed by atoms with Gasteiger partial charge >= 0.3 is 11.9 Å². The molecule has 0 radical (unpaired) electrons. The van der Waals surface area contributed by atoms with Crippen molar-refractivity contribution in [2.75, 3.05) is 13.6 Å². The number of rotatable bonds is 2. The number of hydrogen-bond acceptors (Lipinski definition) is 5. The number of esters is 2. The number of likely N-dealkylation sites (N-methyl/N-ethyl adjacent to an activating group) is 1. The van der Waals surface area contributed by atoms with Crippen molar-refractivity contribution in [3.8, 4) is 22.6 Å². The molecule has 5 nitrogen and oxygen atoms in total. The van der Waals surface area contributed by atoms with E-state index in [-0.39, 0.29) is 5.75 Å². The van der Waals surface area contributed by atoms with Gasteiger partial charge in [-0.2, -0.15) is 0 Å². The molecular formula is C21H21NO4. The van der Waals surface area contributed by atoms with Crippen molar-refractivity contribution in [3.63, 3.8) is 0 Å². The number of ether oxygens (including phenoxy) is 2. The lowest BCUT2D eigenvalue weighted by molar-refractivity contribution is -0.134. The van der Waals surface area contributed by atoms with E-state index in [2.05, 4.69) is 24.1 Å². The summed E-state index contributed by atoms with van der Waals surface area (Å²) in [4.78, 5) is 25.6. The third kappa shape index (κ3) is 2.69. The van der Waals surface area contributed by atoms with Crippen LogP contribution in [0.1, 0.15) is 36.6 Å². The first-order valence-electron chi connectivity index (χ1n) is 8.81. The van der Waals surface area contributed by atoms with Crippen LogP contribution in [0, 0.1) is 0 Å². The highest BCUT2D eigenvalue weighted by Crippen LogP contribution is 2.50.